The molecule has 102 valence electrons. The van der Waals surface area contributed by atoms with Gasteiger partial charge in [-0.05, 0) is 36.5 Å². The van der Waals surface area contributed by atoms with Crippen LogP contribution in [0.4, 0.5) is 17.1 Å². The lowest BCUT2D eigenvalue weighted by Gasteiger charge is -2.21. The van der Waals surface area contributed by atoms with Crippen LogP contribution in [0.25, 0.3) is 0 Å². The monoisotopic (exact) mass is 261 g/mol. The smallest absolute Gasteiger partial charge is 0.228 e. The van der Waals surface area contributed by atoms with Gasteiger partial charge < -0.3 is 21.1 Å². The summed E-state index contributed by atoms with van der Waals surface area (Å²) in [5.41, 5.74) is 9.72. The molecule has 0 spiro atoms. The highest BCUT2D eigenvalue weighted by atomic mass is 16.3. The molecule has 0 radical (unpaired) electrons. The third-order valence-corrected chi connectivity index (χ3v) is 4.04. The molecule has 2 aliphatic heterocycles. The van der Waals surface area contributed by atoms with Crippen molar-refractivity contribution in [3.8, 4) is 0 Å². The van der Waals surface area contributed by atoms with Crippen molar-refractivity contribution in [2.24, 2.45) is 5.92 Å². The second kappa shape index (κ2) is 4.74. The fourth-order valence-corrected chi connectivity index (χ4v) is 3.03. The first-order valence-corrected chi connectivity index (χ1v) is 6.75. The van der Waals surface area contributed by atoms with E-state index in [1.807, 2.05) is 12.1 Å². The molecular formula is C14H19N3O2. The van der Waals surface area contributed by atoms with Crippen LogP contribution in [-0.4, -0.2) is 30.7 Å². The summed E-state index contributed by atoms with van der Waals surface area (Å²) in [6.45, 7) is 2.13. The molecule has 0 bridgehead atoms. The highest BCUT2D eigenvalue weighted by Gasteiger charge is 2.26. The molecule has 1 atom stereocenters. The van der Waals surface area contributed by atoms with E-state index in [9.17, 15) is 4.79 Å². The molecule has 5 nitrogen and oxygen atoms in total. The van der Waals surface area contributed by atoms with E-state index < -0.39 is 0 Å². The normalized spacial score (nSPS) is 21.6. The number of aliphatic hydroxyl groups is 1. The van der Waals surface area contributed by atoms with Gasteiger partial charge in [-0.1, -0.05) is 0 Å². The van der Waals surface area contributed by atoms with Crippen molar-refractivity contribution in [1.82, 2.24) is 0 Å². The van der Waals surface area contributed by atoms with E-state index in [-0.39, 0.29) is 12.5 Å². The van der Waals surface area contributed by atoms with Crippen LogP contribution in [0.5, 0.6) is 0 Å². The summed E-state index contributed by atoms with van der Waals surface area (Å²) < 4.78 is 0. The molecule has 19 heavy (non-hydrogen) atoms. The molecule has 1 aromatic rings. The second-order valence-corrected chi connectivity index (χ2v) is 5.41. The van der Waals surface area contributed by atoms with Gasteiger partial charge in [0.1, 0.15) is 0 Å². The van der Waals surface area contributed by atoms with Gasteiger partial charge in [0.25, 0.3) is 0 Å². The number of amides is 1. The first-order valence-electron chi connectivity index (χ1n) is 6.75. The Kier molecular flexibility index (Phi) is 3.06. The summed E-state index contributed by atoms with van der Waals surface area (Å²) in [6, 6.07) is 3.89. The summed E-state index contributed by atoms with van der Waals surface area (Å²) in [5.74, 6) is 0.568. The van der Waals surface area contributed by atoms with Crippen LogP contribution in [0.2, 0.25) is 0 Å². The molecule has 1 fully saturated rings. The van der Waals surface area contributed by atoms with Crippen molar-refractivity contribution in [1.29, 1.82) is 0 Å². The third-order valence-electron chi connectivity index (χ3n) is 4.04. The van der Waals surface area contributed by atoms with E-state index in [1.165, 1.54) is 0 Å². The highest BCUT2D eigenvalue weighted by Crippen LogP contribution is 2.36. The van der Waals surface area contributed by atoms with Gasteiger partial charge in [0.15, 0.2) is 0 Å². The Hall–Kier alpha value is -1.75. The minimum Gasteiger partial charge on any atom is -0.397 e. The molecule has 0 saturated carbocycles. The van der Waals surface area contributed by atoms with E-state index in [0.717, 1.165) is 48.6 Å². The molecular weight excluding hydrogens is 242 g/mol. The molecule has 2 heterocycles. The van der Waals surface area contributed by atoms with Crippen molar-refractivity contribution in [3.63, 3.8) is 0 Å². The number of rotatable bonds is 3. The van der Waals surface area contributed by atoms with Gasteiger partial charge in [-0.2, -0.15) is 0 Å². The zero-order chi connectivity index (χ0) is 13.4. The molecule has 1 saturated heterocycles. The molecule has 1 unspecified atom stereocenters. The Bertz CT molecular complexity index is 516. The molecule has 1 amide bonds. The van der Waals surface area contributed by atoms with E-state index >= 15 is 0 Å². The van der Waals surface area contributed by atoms with Crippen LogP contribution in [0.15, 0.2) is 12.1 Å². The van der Waals surface area contributed by atoms with Gasteiger partial charge in [-0.15, -0.1) is 0 Å². The largest absolute Gasteiger partial charge is 0.397 e. The zero-order valence-corrected chi connectivity index (χ0v) is 10.9. The number of carbonyl (C=O) groups excluding carboxylic acids is 1. The van der Waals surface area contributed by atoms with Crippen molar-refractivity contribution in [2.45, 2.75) is 19.3 Å². The number of hydrogen-bond donors (Lipinski definition) is 3. The van der Waals surface area contributed by atoms with E-state index in [4.69, 9.17) is 10.8 Å². The van der Waals surface area contributed by atoms with Gasteiger partial charge >= 0.3 is 0 Å². The number of anilines is 3. The van der Waals surface area contributed by atoms with Gasteiger partial charge in [-0.3, -0.25) is 4.79 Å². The van der Waals surface area contributed by atoms with Crippen molar-refractivity contribution >= 4 is 23.0 Å². The number of nitrogens with two attached hydrogens (primary N) is 1. The Labute approximate surface area is 112 Å². The first kappa shape index (κ1) is 12.3. The van der Waals surface area contributed by atoms with Crippen LogP contribution in [-0.2, 0) is 11.2 Å². The van der Waals surface area contributed by atoms with Crippen LogP contribution >= 0.6 is 0 Å². The second-order valence-electron chi connectivity index (χ2n) is 5.41. The lowest BCUT2D eigenvalue weighted by Crippen LogP contribution is -2.21. The Morgan fingerprint density at radius 2 is 2.32 bits per heavy atom. The molecule has 1 aromatic carbocycles. The minimum absolute atomic E-state index is 0.0335. The number of aliphatic hydroxyl groups excluding tert-OH is 1. The van der Waals surface area contributed by atoms with Crippen LogP contribution < -0.4 is 16.0 Å². The Morgan fingerprint density at radius 1 is 1.47 bits per heavy atom. The average molecular weight is 261 g/mol. The SMILES string of the molecule is Nc1cc2c(cc1N1CCC(CCO)C1)NC(=O)C2. The number of benzene rings is 1. The fourth-order valence-electron chi connectivity index (χ4n) is 3.03. The van der Waals surface area contributed by atoms with Crippen LogP contribution in [0.3, 0.4) is 0 Å². The molecule has 4 N–H and O–H groups in total. The molecule has 0 aromatic heterocycles. The standard InChI is InChI=1S/C14H19N3O2/c15-11-5-10-6-14(19)16-12(10)7-13(11)17-3-1-9(8-17)2-4-18/h5,7,9,18H,1-4,6,8,15H2,(H,16,19). The fraction of sp³-hybridized carbons (Fsp3) is 0.500. The van der Waals surface area contributed by atoms with Crippen molar-refractivity contribution < 1.29 is 9.90 Å². The van der Waals surface area contributed by atoms with E-state index in [1.54, 1.807) is 0 Å². The highest BCUT2D eigenvalue weighted by molar-refractivity contribution is 6.00. The topological polar surface area (TPSA) is 78.6 Å². The van der Waals surface area contributed by atoms with Gasteiger partial charge in [0.2, 0.25) is 5.91 Å². The predicted molar refractivity (Wildman–Crippen MR) is 75.2 cm³/mol. The predicted octanol–water partition coefficient (Wildman–Crippen LogP) is 0.972. The number of nitrogens with zero attached hydrogens (tertiary/aromatic N) is 1. The van der Waals surface area contributed by atoms with Crippen LogP contribution in [0, 0.1) is 5.92 Å². The number of nitrogens with one attached hydrogen (secondary N) is 1. The van der Waals surface area contributed by atoms with Crippen molar-refractivity contribution in [2.75, 3.05) is 35.6 Å². The maximum atomic E-state index is 11.4. The van der Waals surface area contributed by atoms with Crippen molar-refractivity contribution in [3.05, 3.63) is 17.7 Å². The third kappa shape index (κ3) is 2.26. The summed E-state index contributed by atoms with van der Waals surface area (Å²) in [6.07, 6.45) is 2.36. The number of hydrogen-bond acceptors (Lipinski definition) is 4. The maximum Gasteiger partial charge on any atom is 0.228 e. The van der Waals surface area contributed by atoms with E-state index in [2.05, 4.69) is 10.2 Å². The first-order chi connectivity index (χ1) is 9.17. The van der Waals surface area contributed by atoms with Gasteiger partial charge in [0, 0.05) is 25.4 Å². The lowest BCUT2D eigenvalue weighted by molar-refractivity contribution is -0.115. The summed E-state index contributed by atoms with van der Waals surface area (Å²) in [5, 5.41) is 11.9. The summed E-state index contributed by atoms with van der Waals surface area (Å²) in [4.78, 5) is 13.6. The maximum absolute atomic E-state index is 11.4. The quantitative estimate of drug-likeness (QED) is 0.708. The molecule has 2 aliphatic rings. The Balaban J connectivity index is 1.82. The molecule has 3 rings (SSSR count). The molecule has 0 aliphatic carbocycles. The minimum atomic E-state index is 0.0335. The van der Waals surface area contributed by atoms with E-state index in [0.29, 0.717) is 12.3 Å². The zero-order valence-electron chi connectivity index (χ0n) is 10.9. The number of nitrogen functional groups attached to an aromatic ring is 1. The Morgan fingerprint density at radius 3 is 3.11 bits per heavy atom. The number of fused-ring (bicyclic) bond motifs is 1. The average Bonchev–Trinajstić information content (AvgIpc) is 2.94. The lowest BCUT2D eigenvalue weighted by atomic mass is 10.1. The number of carbonyl (C=O) groups is 1. The van der Waals surface area contributed by atoms with Crippen LogP contribution in [0.1, 0.15) is 18.4 Å². The molecule has 5 heteroatoms. The van der Waals surface area contributed by atoms with Gasteiger partial charge in [0.05, 0.1) is 17.8 Å². The summed E-state index contributed by atoms with van der Waals surface area (Å²) in [7, 11) is 0. The summed E-state index contributed by atoms with van der Waals surface area (Å²) >= 11 is 0. The van der Waals surface area contributed by atoms with Gasteiger partial charge in [-0.25, -0.2) is 0 Å².